The molecule has 5 heteroatoms. The van der Waals surface area contributed by atoms with Gasteiger partial charge in [0.05, 0.1) is 13.2 Å². The van der Waals surface area contributed by atoms with Gasteiger partial charge in [0.15, 0.2) is 0 Å². The van der Waals surface area contributed by atoms with Gasteiger partial charge in [-0.05, 0) is 12.1 Å². The van der Waals surface area contributed by atoms with Gasteiger partial charge in [0.25, 0.3) is 5.91 Å². The molecule has 0 bridgehead atoms. The van der Waals surface area contributed by atoms with Gasteiger partial charge in [0, 0.05) is 39.1 Å². The van der Waals surface area contributed by atoms with Crippen molar-refractivity contribution < 1.29 is 9.53 Å². The molecule has 2 rings (SSSR count). The second-order valence-electron chi connectivity index (χ2n) is 4.20. The summed E-state index contributed by atoms with van der Waals surface area (Å²) in [5.74, 6) is -0.0693. The van der Waals surface area contributed by atoms with E-state index in [1.54, 1.807) is 20.3 Å². The molecule has 1 fully saturated rings. The third kappa shape index (κ3) is 2.74. The fourth-order valence-electron chi connectivity index (χ4n) is 1.78. The first-order valence-corrected chi connectivity index (χ1v) is 5.69. The van der Waals surface area contributed by atoms with Crippen LogP contribution in [0, 0.1) is 0 Å². The molecule has 92 valence electrons. The van der Waals surface area contributed by atoms with E-state index in [2.05, 4.69) is 9.88 Å². The third-order valence-corrected chi connectivity index (χ3v) is 2.75. The van der Waals surface area contributed by atoms with Crippen LogP contribution in [0.3, 0.4) is 0 Å². The maximum absolute atomic E-state index is 11.8. The number of nitrogens with zero attached hydrogens (tertiary/aromatic N) is 3. The molecule has 2 heterocycles. The van der Waals surface area contributed by atoms with Gasteiger partial charge >= 0.3 is 0 Å². The van der Waals surface area contributed by atoms with Crippen molar-refractivity contribution in [2.45, 2.75) is 0 Å². The lowest BCUT2D eigenvalue weighted by Gasteiger charge is -2.29. The Morgan fingerprint density at radius 1 is 1.41 bits per heavy atom. The van der Waals surface area contributed by atoms with Crippen molar-refractivity contribution in [2.75, 3.05) is 45.3 Å². The van der Waals surface area contributed by atoms with E-state index in [0.717, 1.165) is 32.0 Å². The van der Waals surface area contributed by atoms with Crippen LogP contribution in [0.1, 0.15) is 10.5 Å². The van der Waals surface area contributed by atoms with E-state index < -0.39 is 0 Å². The fourth-order valence-corrected chi connectivity index (χ4v) is 1.78. The summed E-state index contributed by atoms with van der Waals surface area (Å²) >= 11 is 0. The average Bonchev–Trinajstić information content (AvgIpc) is 2.39. The summed E-state index contributed by atoms with van der Waals surface area (Å²) in [6.07, 6.45) is 1.68. The minimum Gasteiger partial charge on any atom is -0.378 e. The number of ether oxygens (including phenoxy) is 1. The van der Waals surface area contributed by atoms with Crippen molar-refractivity contribution in [3.8, 4) is 0 Å². The van der Waals surface area contributed by atoms with Crippen molar-refractivity contribution in [2.24, 2.45) is 0 Å². The largest absolute Gasteiger partial charge is 0.378 e. The Balaban J connectivity index is 2.18. The molecule has 0 aromatic carbocycles. The molecule has 0 N–H and O–H groups in total. The van der Waals surface area contributed by atoms with Crippen LogP contribution in [-0.2, 0) is 4.74 Å². The van der Waals surface area contributed by atoms with Gasteiger partial charge in [0.1, 0.15) is 5.69 Å². The van der Waals surface area contributed by atoms with Crippen LogP contribution in [0.2, 0.25) is 0 Å². The van der Waals surface area contributed by atoms with E-state index in [1.807, 2.05) is 12.1 Å². The normalized spacial score (nSPS) is 15.8. The van der Waals surface area contributed by atoms with E-state index in [-0.39, 0.29) is 5.91 Å². The van der Waals surface area contributed by atoms with Gasteiger partial charge in [-0.3, -0.25) is 9.78 Å². The molecule has 0 spiro atoms. The van der Waals surface area contributed by atoms with Crippen molar-refractivity contribution in [3.05, 3.63) is 24.0 Å². The number of pyridine rings is 1. The van der Waals surface area contributed by atoms with Crippen LogP contribution in [-0.4, -0.2) is 56.2 Å². The number of carbonyl (C=O) groups excluding carboxylic acids is 1. The number of hydrogen-bond donors (Lipinski definition) is 0. The van der Waals surface area contributed by atoms with Crippen molar-refractivity contribution in [1.29, 1.82) is 0 Å². The highest BCUT2D eigenvalue weighted by Gasteiger charge is 2.14. The van der Waals surface area contributed by atoms with E-state index in [9.17, 15) is 4.79 Å². The summed E-state index contributed by atoms with van der Waals surface area (Å²) in [6, 6.07) is 3.77. The number of anilines is 1. The zero-order chi connectivity index (χ0) is 12.3. The lowest BCUT2D eigenvalue weighted by molar-refractivity contribution is 0.0822. The van der Waals surface area contributed by atoms with E-state index in [1.165, 1.54) is 4.90 Å². The van der Waals surface area contributed by atoms with Gasteiger partial charge < -0.3 is 14.5 Å². The molecule has 17 heavy (non-hydrogen) atoms. The molecule has 0 saturated carbocycles. The number of carbonyl (C=O) groups is 1. The molecular weight excluding hydrogens is 218 g/mol. The smallest absolute Gasteiger partial charge is 0.272 e. The summed E-state index contributed by atoms with van der Waals surface area (Å²) in [5.41, 5.74) is 1.52. The van der Waals surface area contributed by atoms with Crippen molar-refractivity contribution in [3.63, 3.8) is 0 Å². The molecule has 0 atom stereocenters. The molecule has 1 aromatic rings. The summed E-state index contributed by atoms with van der Waals surface area (Å²) in [4.78, 5) is 19.6. The van der Waals surface area contributed by atoms with E-state index >= 15 is 0 Å². The Morgan fingerprint density at radius 3 is 2.76 bits per heavy atom. The maximum Gasteiger partial charge on any atom is 0.272 e. The molecule has 0 aliphatic carbocycles. The van der Waals surface area contributed by atoms with Gasteiger partial charge in [-0.2, -0.15) is 0 Å². The lowest BCUT2D eigenvalue weighted by Crippen LogP contribution is -2.36. The highest BCUT2D eigenvalue weighted by Crippen LogP contribution is 2.16. The van der Waals surface area contributed by atoms with Crippen molar-refractivity contribution >= 4 is 11.6 Å². The van der Waals surface area contributed by atoms with Crippen LogP contribution >= 0.6 is 0 Å². The topological polar surface area (TPSA) is 45.7 Å². The molecule has 0 unspecified atom stereocenters. The predicted octanol–water partition coefficient (Wildman–Crippen LogP) is 0.620. The summed E-state index contributed by atoms with van der Waals surface area (Å²) in [5, 5.41) is 0. The fraction of sp³-hybridized carbons (Fsp3) is 0.500. The number of morpholine rings is 1. The minimum absolute atomic E-state index is 0.0693. The second-order valence-corrected chi connectivity index (χ2v) is 4.20. The highest BCUT2D eigenvalue weighted by atomic mass is 16.5. The zero-order valence-electron chi connectivity index (χ0n) is 10.2. The second kappa shape index (κ2) is 5.14. The zero-order valence-corrected chi connectivity index (χ0v) is 10.2. The number of hydrogen-bond acceptors (Lipinski definition) is 4. The Morgan fingerprint density at radius 2 is 2.12 bits per heavy atom. The molecule has 1 amide bonds. The quantitative estimate of drug-likeness (QED) is 0.754. The van der Waals surface area contributed by atoms with Gasteiger partial charge in [-0.25, -0.2) is 0 Å². The SMILES string of the molecule is CN(C)C(=O)c1cc(N2CCOCC2)ccn1. The first-order chi connectivity index (χ1) is 8.18. The highest BCUT2D eigenvalue weighted by molar-refractivity contribution is 5.92. The predicted molar refractivity (Wildman–Crippen MR) is 65.3 cm³/mol. The maximum atomic E-state index is 11.8. The minimum atomic E-state index is -0.0693. The third-order valence-electron chi connectivity index (χ3n) is 2.75. The van der Waals surface area contributed by atoms with Crippen molar-refractivity contribution in [1.82, 2.24) is 9.88 Å². The van der Waals surface area contributed by atoms with Crippen LogP contribution in [0.4, 0.5) is 5.69 Å². The summed E-state index contributed by atoms with van der Waals surface area (Å²) in [6.45, 7) is 3.19. The van der Waals surface area contributed by atoms with Gasteiger partial charge in [-0.15, -0.1) is 0 Å². The monoisotopic (exact) mass is 235 g/mol. The Labute approximate surface area is 101 Å². The molecule has 1 aromatic heterocycles. The van der Waals surface area contributed by atoms with Crippen LogP contribution in [0.5, 0.6) is 0 Å². The summed E-state index contributed by atoms with van der Waals surface area (Å²) < 4.78 is 5.30. The van der Waals surface area contributed by atoms with Gasteiger partial charge in [0.2, 0.25) is 0 Å². The first kappa shape index (κ1) is 11.9. The summed E-state index contributed by atoms with van der Waals surface area (Å²) in [7, 11) is 3.46. The molecule has 1 aliphatic rings. The molecule has 5 nitrogen and oxygen atoms in total. The van der Waals surface area contributed by atoms with Crippen LogP contribution in [0.25, 0.3) is 0 Å². The van der Waals surface area contributed by atoms with Gasteiger partial charge in [-0.1, -0.05) is 0 Å². The van der Waals surface area contributed by atoms with Crippen LogP contribution in [0.15, 0.2) is 18.3 Å². The Bertz CT molecular complexity index is 400. The Kier molecular flexibility index (Phi) is 3.58. The van der Waals surface area contributed by atoms with Crippen LogP contribution < -0.4 is 4.90 Å². The number of rotatable bonds is 2. The lowest BCUT2D eigenvalue weighted by atomic mass is 10.2. The van der Waals surface area contributed by atoms with E-state index in [4.69, 9.17) is 4.74 Å². The molecule has 0 radical (unpaired) electrons. The molecular formula is C12H17N3O2. The number of aromatic nitrogens is 1. The Hall–Kier alpha value is -1.62. The standard InChI is InChI=1S/C12H17N3O2/c1-14(2)12(16)11-9-10(3-4-13-11)15-5-7-17-8-6-15/h3-4,9H,5-8H2,1-2H3. The molecule has 1 aliphatic heterocycles. The first-order valence-electron chi connectivity index (χ1n) is 5.69. The van der Waals surface area contributed by atoms with E-state index in [0.29, 0.717) is 5.69 Å². The number of amides is 1. The average molecular weight is 235 g/mol. The molecule has 1 saturated heterocycles.